The lowest BCUT2D eigenvalue weighted by Crippen LogP contribution is -2.25. The molecule has 0 unspecified atom stereocenters. The molecule has 148 heavy (non-hydrogen) atoms. The number of nitrogens with one attached hydrogen (secondary N) is 4. The van der Waals surface area contributed by atoms with Crippen molar-refractivity contribution < 1.29 is 193 Å². The minimum atomic E-state index is -4.57. The molecule has 0 bridgehead atoms. The van der Waals surface area contributed by atoms with Crippen LogP contribution in [-0.2, 0) is 130 Å². The highest BCUT2D eigenvalue weighted by Gasteiger charge is 2.28. The molecule has 0 aliphatic carbocycles. The first-order valence-corrected chi connectivity index (χ1v) is 60.7. The van der Waals surface area contributed by atoms with Gasteiger partial charge in [0.2, 0.25) is 23.0 Å². The van der Waals surface area contributed by atoms with Crippen LogP contribution in [0.1, 0.15) is 175 Å². The second-order valence-corrected chi connectivity index (χ2v) is 47.0. The number of carbonyl (C=O) groups excluding carboxylic acids is 4. The Morgan fingerprint density at radius 1 is 0.243 bits per heavy atom. The van der Waals surface area contributed by atoms with Gasteiger partial charge in [0.1, 0.15) is 24.7 Å². The molecule has 7 aromatic rings. The zero-order valence-electron chi connectivity index (χ0n) is 80.4. The predicted octanol–water partition coefficient (Wildman–Crippen LogP) is 3.40. The number of hydrogen-bond acceptors (Lipinski definition) is 40. The number of nitrogens with zero attached hydrogens (tertiary/aromatic N) is 9. The number of carbonyl (C=O) groups is 4. The Morgan fingerprint density at radius 3 is 0.628 bits per heavy atom. The normalized spacial score (nSPS) is 12.3. The highest BCUT2D eigenvalue weighted by Crippen LogP contribution is 2.44. The van der Waals surface area contributed by atoms with Crippen molar-refractivity contribution >= 4 is 115 Å². The van der Waals surface area contributed by atoms with Crippen LogP contribution in [0.25, 0.3) is 0 Å². The average molecular weight is 2280 g/mol. The van der Waals surface area contributed by atoms with E-state index in [9.17, 15) is 136 Å². The Balaban J connectivity index is 1.01. The Hall–Kier alpha value is -11.0. The van der Waals surface area contributed by atoms with Crippen molar-refractivity contribution in [2.45, 2.75) is 155 Å². The predicted molar refractivity (Wildman–Crippen MR) is 524 cm³/mol. The molecule has 3 heterocycles. The standard InChI is InChI=1S/C83H123N13O43S9/c1-2-22-84-80(97)61-50-68(128-29-6-3-19-65-58-94(91-88-65)26-10-24-86-82(99)63-54-72(132-34-14-43-142(107,108)109)78(138-39-48-147(122,123)124)73(55-63)133-35-15-44-143(110,111)112)76(136-31-8-5-21-67-60-96(93-90-67)28-9-23-85-81(98)62-52-70(130-32-12-41-140(101,102)103)77(137-38-18-47-146(119,120)121)71(53-62)131-33-13-42-141(104,105)106)69(51-61)129-30-7-4-20-66-59-95(92-89-66)27-11-25-87-83(100)64-56-74(134-36-16-45-144(113,114)115)79(139-40-49-148(125,126)127)75(57-64)135-37-17-46-145(116,117)118/h50-60H,2-49H2,1H3,(H,84,97)(H,85,98)(H,86,99)(H,87,100)(H,101,102,103)(H,104,105,106)(H,107,108,109)(H,110,111,112)(H,113,114,115)(H,116,117,118)(H,119,120,121)(H,122,123,124)(H,125,126,127). The first-order chi connectivity index (χ1) is 69.6. The van der Waals surface area contributed by atoms with Crippen molar-refractivity contribution in [1.82, 2.24) is 66.2 Å². The Morgan fingerprint density at radius 2 is 0.426 bits per heavy atom. The molecule has 0 aliphatic rings. The summed E-state index contributed by atoms with van der Waals surface area (Å²) in [5, 5.41) is 36.8. The molecule has 0 saturated heterocycles. The highest BCUT2D eigenvalue weighted by atomic mass is 32.3. The lowest BCUT2D eigenvalue weighted by Gasteiger charge is -2.19. The summed E-state index contributed by atoms with van der Waals surface area (Å²) >= 11 is 0. The van der Waals surface area contributed by atoms with E-state index >= 15 is 0 Å². The van der Waals surface area contributed by atoms with Crippen molar-refractivity contribution in [3.8, 4) is 69.0 Å². The molecule has 0 fully saturated rings. The minimum absolute atomic E-state index is 0.0495. The number of ether oxygens (including phenoxy) is 12. The molecule has 13 N–H and O–H groups in total. The fourth-order valence-electron chi connectivity index (χ4n) is 13.1. The third-order valence-electron chi connectivity index (χ3n) is 20.0. The van der Waals surface area contributed by atoms with Gasteiger partial charge in [0, 0.05) is 86.7 Å². The van der Waals surface area contributed by atoms with Gasteiger partial charge < -0.3 is 78.1 Å². The number of aryl methyl sites for hydroxylation is 6. The summed E-state index contributed by atoms with van der Waals surface area (Å²) < 4.78 is 366. The van der Waals surface area contributed by atoms with E-state index < -0.39 is 206 Å². The molecule has 832 valence electrons. The average Bonchev–Trinajstić information content (AvgIpc) is 1.00. The first kappa shape index (κ1) is 124. The molecule has 0 spiro atoms. The molecule has 56 nitrogen and oxygen atoms in total. The van der Waals surface area contributed by atoms with E-state index in [1.54, 1.807) is 44.8 Å². The second kappa shape index (κ2) is 60.7. The smallest absolute Gasteiger partial charge is 0.268 e. The van der Waals surface area contributed by atoms with Crippen LogP contribution in [0.4, 0.5) is 0 Å². The molecular formula is C83H123N13O43S9. The summed E-state index contributed by atoms with van der Waals surface area (Å²) in [7, 11) is -40.1. The van der Waals surface area contributed by atoms with E-state index in [1.807, 2.05) is 6.92 Å². The van der Waals surface area contributed by atoms with Crippen molar-refractivity contribution in [2.75, 3.05) is 157 Å². The topological polar surface area (TPSA) is 809 Å². The molecule has 0 radical (unpaired) electrons. The Kier molecular flexibility index (Phi) is 50.8. The molecular weight excluding hydrogens is 2160 g/mol. The van der Waals surface area contributed by atoms with Gasteiger partial charge in [-0.05, 0) is 177 Å². The summed E-state index contributed by atoms with van der Waals surface area (Å²) in [6.07, 6.45) is 9.01. The summed E-state index contributed by atoms with van der Waals surface area (Å²) in [6, 6.07) is 10.2. The maximum atomic E-state index is 13.9. The van der Waals surface area contributed by atoms with Gasteiger partial charge in [0.25, 0.3) is 115 Å². The number of amides is 4. The number of aromatic nitrogens is 9. The van der Waals surface area contributed by atoms with Gasteiger partial charge in [-0.1, -0.05) is 22.6 Å². The number of benzene rings is 4. The van der Waals surface area contributed by atoms with Gasteiger partial charge in [-0.15, -0.1) is 15.3 Å². The van der Waals surface area contributed by atoms with Crippen LogP contribution in [0.15, 0.2) is 67.1 Å². The van der Waals surface area contributed by atoms with Crippen molar-refractivity contribution in [1.29, 1.82) is 0 Å². The molecule has 3 aromatic heterocycles. The number of hydrogen-bond donors (Lipinski definition) is 13. The van der Waals surface area contributed by atoms with Crippen molar-refractivity contribution in [3.63, 3.8) is 0 Å². The maximum Gasteiger partial charge on any atom is 0.268 e. The first-order valence-electron chi connectivity index (χ1n) is 46.2. The fourth-order valence-corrected chi connectivity index (χ4v) is 17.1. The quantitative estimate of drug-likeness (QED) is 0.0192. The fraction of sp³-hybridized carbons (Fsp3) is 0.590. The molecule has 4 amide bonds. The zero-order valence-corrected chi connectivity index (χ0v) is 87.7. The third-order valence-corrected chi connectivity index (χ3v) is 27.0. The van der Waals surface area contributed by atoms with E-state index in [4.69, 9.17) is 56.8 Å². The van der Waals surface area contributed by atoms with E-state index in [1.165, 1.54) is 36.4 Å². The van der Waals surface area contributed by atoms with E-state index in [0.717, 1.165) is 0 Å². The zero-order chi connectivity index (χ0) is 109. The van der Waals surface area contributed by atoms with Crippen LogP contribution in [-0.4, -0.2) is 343 Å². The highest BCUT2D eigenvalue weighted by molar-refractivity contribution is 7.87. The van der Waals surface area contributed by atoms with Crippen molar-refractivity contribution in [2.24, 2.45) is 0 Å². The summed E-state index contributed by atoms with van der Waals surface area (Å²) in [4.78, 5) is 55.0. The van der Waals surface area contributed by atoms with Gasteiger partial charge in [0.05, 0.1) is 123 Å². The second-order valence-electron chi connectivity index (χ2n) is 32.8. The molecule has 0 atom stereocenters. The molecule has 4 aromatic carbocycles. The van der Waals surface area contributed by atoms with Crippen LogP contribution in [0.5, 0.6) is 69.0 Å². The van der Waals surface area contributed by atoms with Crippen LogP contribution in [0, 0.1) is 0 Å². The van der Waals surface area contributed by atoms with Crippen LogP contribution in [0.2, 0.25) is 0 Å². The number of unbranched alkanes of at least 4 members (excludes halogenated alkanes) is 3. The van der Waals surface area contributed by atoms with Crippen LogP contribution >= 0.6 is 0 Å². The van der Waals surface area contributed by atoms with Gasteiger partial charge in [-0.2, -0.15) is 75.8 Å². The summed E-state index contributed by atoms with van der Waals surface area (Å²) in [6.45, 7) is -0.553. The molecule has 0 saturated carbocycles. The minimum Gasteiger partial charge on any atom is -0.490 e. The van der Waals surface area contributed by atoms with E-state index in [2.05, 4.69) is 52.2 Å². The molecule has 7 rings (SSSR count). The lowest BCUT2D eigenvalue weighted by molar-refractivity contribution is 0.0943. The van der Waals surface area contributed by atoms with E-state index in [0.29, 0.717) is 107 Å². The largest absolute Gasteiger partial charge is 0.490 e. The number of rotatable bonds is 79. The van der Waals surface area contributed by atoms with Gasteiger partial charge in [0.15, 0.2) is 46.0 Å². The molecule has 65 heteroatoms. The molecule has 0 aliphatic heterocycles. The summed E-state index contributed by atoms with van der Waals surface area (Å²) in [5.41, 5.74) is 1.68. The van der Waals surface area contributed by atoms with E-state index in [-0.39, 0.29) is 215 Å². The van der Waals surface area contributed by atoms with Gasteiger partial charge in [-0.25, -0.2) is 0 Å². The maximum absolute atomic E-state index is 13.9. The van der Waals surface area contributed by atoms with Crippen LogP contribution < -0.4 is 78.1 Å². The summed E-state index contributed by atoms with van der Waals surface area (Å²) in [5.74, 6) is -11.1. The SMILES string of the molecule is CCCNC(=O)c1cc(OCCCCc2cn(CCCNC(=O)c3cc(OCCCS(=O)(=O)O)c(OCCS(=O)(=O)O)c(OCCCS(=O)(=O)O)c3)nn2)c(OCCCCc2cn(CCCNC(=O)c3cc(OCCCS(=O)(=O)O)c(OCCCS(=O)(=O)O)c(OCCCS(=O)(=O)O)c3)nn2)c(OCCCCc2cn(CCCNC(=O)c3cc(OCCCS(=O)(=O)O)c(OCCS(=O)(=O)O)c(OCCCS(=O)(=O)O)c3)nn2)c1. The van der Waals surface area contributed by atoms with Crippen molar-refractivity contribution in [3.05, 3.63) is 106 Å². The van der Waals surface area contributed by atoms with Crippen LogP contribution in [0.3, 0.4) is 0 Å². The monoisotopic (exact) mass is 2280 g/mol. The van der Waals surface area contributed by atoms with Gasteiger partial charge in [-0.3, -0.25) is 74.2 Å². The lowest BCUT2D eigenvalue weighted by atomic mass is 10.1. The van der Waals surface area contributed by atoms with Gasteiger partial charge >= 0.3 is 0 Å². The third kappa shape index (κ3) is 52.4. The Bertz CT molecular complexity index is 6160. The Labute approximate surface area is 855 Å².